The third kappa shape index (κ3) is 3.10. The van der Waals surface area contributed by atoms with Gasteiger partial charge in [-0.05, 0) is 37.1 Å². The van der Waals surface area contributed by atoms with Crippen molar-refractivity contribution >= 4 is 5.97 Å². The van der Waals surface area contributed by atoms with Gasteiger partial charge in [-0.1, -0.05) is 18.2 Å². The molecule has 2 aromatic rings. The van der Waals surface area contributed by atoms with Crippen LogP contribution in [0, 0.1) is 6.92 Å². The normalized spacial score (nSPS) is 10.4. The van der Waals surface area contributed by atoms with Gasteiger partial charge in [0.15, 0.2) is 0 Å². The molecule has 1 aromatic carbocycles. The number of carboxylic acid groups (broad SMARTS) is 1. The van der Waals surface area contributed by atoms with Gasteiger partial charge in [0, 0.05) is 18.3 Å². The van der Waals surface area contributed by atoms with Crippen molar-refractivity contribution in [2.75, 3.05) is 0 Å². The molecule has 0 aliphatic carbocycles. The fourth-order valence-electron chi connectivity index (χ4n) is 1.96. The molecule has 4 nitrogen and oxygen atoms in total. The van der Waals surface area contributed by atoms with E-state index >= 15 is 0 Å². The number of pyridine rings is 1. The van der Waals surface area contributed by atoms with Crippen molar-refractivity contribution in [3.8, 4) is 0 Å². The average Bonchev–Trinajstić information content (AvgIpc) is 2.38. The fourth-order valence-corrected chi connectivity index (χ4v) is 1.96. The molecule has 0 atom stereocenters. The third-order valence-electron chi connectivity index (χ3n) is 3.09. The lowest BCUT2D eigenvalue weighted by Gasteiger charge is -2.09. The van der Waals surface area contributed by atoms with Gasteiger partial charge in [0.05, 0.1) is 5.56 Å². The fraction of sp³-hybridized carbons (Fsp3) is 0.200. The summed E-state index contributed by atoms with van der Waals surface area (Å²) in [4.78, 5) is 22.4. The van der Waals surface area contributed by atoms with Gasteiger partial charge in [0.2, 0.25) is 0 Å². The van der Waals surface area contributed by atoms with Crippen LogP contribution in [0.2, 0.25) is 0 Å². The van der Waals surface area contributed by atoms with E-state index in [1.807, 2.05) is 13.0 Å². The Labute approximate surface area is 110 Å². The van der Waals surface area contributed by atoms with Crippen LogP contribution >= 0.6 is 0 Å². The van der Waals surface area contributed by atoms with Gasteiger partial charge in [-0.2, -0.15) is 0 Å². The SMILES string of the molecule is Cc1cccc(=O)n1CCc1ccc(C(=O)O)cc1. The standard InChI is InChI=1S/C15H15NO3/c1-11-3-2-4-14(17)16(11)10-9-12-5-7-13(8-6-12)15(18)19/h2-8H,9-10H2,1H3,(H,18,19). The van der Waals surface area contributed by atoms with E-state index in [4.69, 9.17) is 5.11 Å². The smallest absolute Gasteiger partial charge is 0.335 e. The molecule has 0 saturated carbocycles. The summed E-state index contributed by atoms with van der Waals surface area (Å²) < 4.78 is 1.71. The molecule has 0 unspecified atom stereocenters. The highest BCUT2D eigenvalue weighted by Gasteiger charge is 2.03. The first kappa shape index (κ1) is 13.1. The van der Waals surface area contributed by atoms with Crippen LogP contribution in [0.1, 0.15) is 21.6 Å². The second-order valence-electron chi connectivity index (χ2n) is 4.41. The molecule has 4 heteroatoms. The van der Waals surface area contributed by atoms with Crippen molar-refractivity contribution < 1.29 is 9.90 Å². The maximum absolute atomic E-state index is 11.7. The number of aryl methyl sites for hydroxylation is 2. The molecule has 0 bridgehead atoms. The van der Waals surface area contributed by atoms with E-state index in [1.165, 1.54) is 0 Å². The molecule has 2 rings (SSSR count). The molecule has 0 fully saturated rings. The van der Waals surface area contributed by atoms with E-state index in [9.17, 15) is 9.59 Å². The zero-order valence-corrected chi connectivity index (χ0v) is 10.7. The molecular weight excluding hydrogens is 242 g/mol. The molecule has 0 aliphatic rings. The zero-order valence-electron chi connectivity index (χ0n) is 10.7. The Morgan fingerprint density at radius 3 is 2.42 bits per heavy atom. The van der Waals surface area contributed by atoms with Crippen LogP contribution < -0.4 is 5.56 Å². The Balaban J connectivity index is 2.10. The van der Waals surface area contributed by atoms with E-state index < -0.39 is 5.97 Å². The highest BCUT2D eigenvalue weighted by atomic mass is 16.4. The molecule has 1 aromatic heterocycles. The number of hydrogen-bond donors (Lipinski definition) is 1. The first-order valence-electron chi connectivity index (χ1n) is 6.06. The number of hydrogen-bond acceptors (Lipinski definition) is 2. The van der Waals surface area contributed by atoms with Gasteiger partial charge in [0.25, 0.3) is 5.56 Å². The summed E-state index contributed by atoms with van der Waals surface area (Å²) >= 11 is 0. The Bertz CT molecular complexity index is 641. The Morgan fingerprint density at radius 2 is 1.84 bits per heavy atom. The number of nitrogens with zero attached hydrogens (tertiary/aromatic N) is 1. The molecule has 19 heavy (non-hydrogen) atoms. The second-order valence-corrected chi connectivity index (χ2v) is 4.41. The van der Waals surface area contributed by atoms with Crippen LogP contribution in [0.25, 0.3) is 0 Å². The van der Waals surface area contributed by atoms with Crippen LogP contribution in [-0.2, 0) is 13.0 Å². The first-order valence-corrected chi connectivity index (χ1v) is 6.06. The van der Waals surface area contributed by atoms with Gasteiger partial charge in [-0.15, -0.1) is 0 Å². The zero-order chi connectivity index (χ0) is 13.8. The molecule has 0 radical (unpaired) electrons. The lowest BCUT2D eigenvalue weighted by Crippen LogP contribution is -2.21. The average molecular weight is 257 g/mol. The number of rotatable bonds is 4. The molecule has 98 valence electrons. The summed E-state index contributed by atoms with van der Waals surface area (Å²) in [5.74, 6) is -0.929. The molecule has 0 spiro atoms. The molecule has 0 amide bonds. The topological polar surface area (TPSA) is 59.3 Å². The number of aromatic carboxylic acids is 1. The molecule has 0 aliphatic heterocycles. The van der Waals surface area contributed by atoms with Gasteiger partial charge >= 0.3 is 5.97 Å². The second kappa shape index (κ2) is 5.52. The highest BCUT2D eigenvalue weighted by Crippen LogP contribution is 2.06. The molecule has 1 heterocycles. The minimum Gasteiger partial charge on any atom is -0.478 e. The van der Waals surface area contributed by atoms with E-state index in [0.29, 0.717) is 13.0 Å². The van der Waals surface area contributed by atoms with Gasteiger partial charge in [0.1, 0.15) is 0 Å². The van der Waals surface area contributed by atoms with Crippen LogP contribution in [0.3, 0.4) is 0 Å². The van der Waals surface area contributed by atoms with Crippen LogP contribution in [0.4, 0.5) is 0 Å². The molecular formula is C15H15NO3. The third-order valence-corrected chi connectivity index (χ3v) is 3.09. The maximum atomic E-state index is 11.7. The first-order chi connectivity index (χ1) is 9.08. The van der Waals surface area contributed by atoms with E-state index in [1.54, 1.807) is 41.0 Å². The monoisotopic (exact) mass is 257 g/mol. The minimum atomic E-state index is -0.929. The Kier molecular flexibility index (Phi) is 3.80. The summed E-state index contributed by atoms with van der Waals surface area (Å²) in [6, 6.07) is 11.9. The van der Waals surface area contributed by atoms with Crippen molar-refractivity contribution in [3.63, 3.8) is 0 Å². The predicted octanol–water partition coefficient (Wildman–Crippen LogP) is 2.10. The largest absolute Gasteiger partial charge is 0.478 e. The summed E-state index contributed by atoms with van der Waals surface area (Å²) in [6.07, 6.45) is 0.699. The van der Waals surface area contributed by atoms with Crippen LogP contribution in [-0.4, -0.2) is 15.6 Å². The van der Waals surface area contributed by atoms with Gasteiger partial charge in [-0.3, -0.25) is 4.79 Å². The number of benzene rings is 1. The van der Waals surface area contributed by atoms with E-state index in [2.05, 4.69) is 0 Å². The van der Waals surface area contributed by atoms with E-state index in [0.717, 1.165) is 11.3 Å². The van der Waals surface area contributed by atoms with Crippen molar-refractivity contribution in [3.05, 3.63) is 69.6 Å². The lowest BCUT2D eigenvalue weighted by molar-refractivity contribution is 0.0697. The quantitative estimate of drug-likeness (QED) is 0.912. The summed E-state index contributed by atoms with van der Waals surface area (Å²) in [7, 11) is 0. The summed E-state index contributed by atoms with van der Waals surface area (Å²) in [5.41, 5.74) is 2.20. The number of aromatic nitrogens is 1. The minimum absolute atomic E-state index is 0.0119. The summed E-state index contributed by atoms with van der Waals surface area (Å²) in [6.45, 7) is 2.49. The van der Waals surface area contributed by atoms with Crippen molar-refractivity contribution in [2.24, 2.45) is 0 Å². The van der Waals surface area contributed by atoms with Crippen LogP contribution in [0.5, 0.6) is 0 Å². The van der Waals surface area contributed by atoms with Gasteiger partial charge < -0.3 is 9.67 Å². The lowest BCUT2D eigenvalue weighted by atomic mass is 10.1. The highest BCUT2D eigenvalue weighted by molar-refractivity contribution is 5.87. The molecule has 1 N–H and O–H groups in total. The van der Waals surface area contributed by atoms with Gasteiger partial charge in [-0.25, -0.2) is 4.79 Å². The van der Waals surface area contributed by atoms with Crippen molar-refractivity contribution in [1.82, 2.24) is 4.57 Å². The number of carbonyl (C=O) groups is 1. The number of carboxylic acids is 1. The Morgan fingerprint density at radius 1 is 1.16 bits per heavy atom. The summed E-state index contributed by atoms with van der Waals surface area (Å²) in [5, 5.41) is 8.81. The van der Waals surface area contributed by atoms with Crippen molar-refractivity contribution in [2.45, 2.75) is 19.9 Å². The molecule has 0 saturated heterocycles. The van der Waals surface area contributed by atoms with E-state index in [-0.39, 0.29) is 11.1 Å². The van der Waals surface area contributed by atoms with Crippen LogP contribution in [0.15, 0.2) is 47.3 Å². The maximum Gasteiger partial charge on any atom is 0.335 e. The Hall–Kier alpha value is -2.36. The predicted molar refractivity (Wildman–Crippen MR) is 72.5 cm³/mol. The van der Waals surface area contributed by atoms with Crippen molar-refractivity contribution in [1.29, 1.82) is 0 Å².